The van der Waals surface area contributed by atoms with Crippen molar-refractivity contribution in [3.63, 3.8) is 0 Å². The zero-order valence-corrected chi connectivity index (χ0v) is 20.0. The van der Waals surface area contributed by atoms with Crippen molar-refractivity contribution in [3.05, 3.63) is 63.6 Å². The van der Waals surface area contributed by atoms with E-state index in [-0.39, 0.29) is 24.5 Å². The highest BCUT2D eigenvalue weighted by Crippen LogP contribution is 2.21. The van der Waals surface area contributed by atoms with E-state index in [2.05, 4.69) is 21.2 Å². The fourth-order valence-electron chi connectivity index (χ4n) is 2.98. The van der Waals surface area contributed by atoms with Crippen LogP contribution in [0.2, 0.25) is 0 Å². The molecule has 30 heavy (non-hydrogen) atoms. The summed E-state index contributed by atoms with van der Waals surface area (Å²) >= 11 is 3.47. The van der Waals surface area contributed by atoms with E-state index in [0.717, 1.165) is 27.6 Å². The zero-order valence-electron chi connectivity index (χ0n) is 18.4. The highest BCUT2D eigenvalue weighted by molar-refractivity contribution is 9.10. The molecule has 0 bridgehead atoms. The van der Waals surface area contributed by atoms with Gasteiger partial charge in [-0.05, 0) is 69.0 Å². The number of aryl methyl sites for hydroxylation is 1. The van der Waals surface area contributed by atoms with Crippen molar-refractivity contribution in [2.45, 2.75) is 59.7 Å². The molecule has 2 aromatic carbocycles. The Labute approximate surface area is 187 Å². The van der Waals surface area contributed by atoms with Crippen molar-refractivity contribution in [1.82, 2.24) is 10.2 Å². The van der Waals surface area contributed by atoms with Gasteiger partial charge in [-0.15, -0.1) is 0 Å². The average Bonchev–Trinajstić information content (AvgIpc) is 2.72. The van der Waals surface area contributed by atoms with Crippen molar-refractivity contribution in [3.8, 4) is 5.75 Å². The maximum atomic E-state index is 13.1. The molecule has 2 rings (SSSR count). The largest absolute Gasteiger partial charge is 0.483 e. The molecule has 5 nitrogen and oxygen atoms in total. The molecule has 2 aromatic rings. The number of hydrogen-bond donors (Lipinski definition) is 1. The summed E-state index contributed by atoms with van der Waals surface area (Å²) in [5.41, 5.74) is 3.05. The van der Waals surface area contributed by atoms with Gasteiger partial charge < -0.3 is 15.0 Å². The number of carbonyl (C=O) groups is 2. The topological polar surface area (TPSA) is 58.6 Å². The minimum atomic E-state index is -0.618. The van der Waals surface area contributed by atoms with Gasteiger partial charge in [-0.1, -0.05) is 47.1 Å². The van der Waals surface area contributed by atoms with E-state index in [1.807, 2.05) is 70.2 Å². The quantitative estimate of drug-likeness (QED) is 0.568. The fraction of sp³-hybridized carbons (Fsp3) is 0.417. The summed E-state index contributed by atoms with van der Waals surface area (Å²) in [5.74, 6) is 0.282. The Morgan fingerprint density at radius 2 is 1.83 bits per heavy atom. The average molecular weight is 475 g/mol. The molecule has 0 radical (unpaired) electrons. The number of benzene rings is 2. The van der Waals surface area contributed by atoms with Crippen LogP contribution in [0.5, 0.6) is 5.75 Å². The first-order valence-corrected chi connectivity index (χ1v) is 11.1. The molecule has 0 unspecified atom stereocenters. The molecule has 0 aliphatic heterocycles. The van der Waals surface area contributed by atoms with Crippen molar-refractivity contribution in [1.29, 1.82) is 0 Å². The highest BCUT2D eigenvalue weighted by Gasteiger charge is 2.27. The Hall–Kier alpha value is -2.34. The summed E-state index contributed by atoms with van der Waals surface area (Å²) < 4.78 is 6.75. The van der Waals surface area contributed by atoms with Crippen LogP contribution in [0.1, 0.15) is 43.9 Å². The lowest BCUT2D eigenvalue weighted by molar-refractivity contribution is -0.142. The summed E-state index contributed by atoms with van der Waals surface area (Å²) in [6, 6.07) is 12.9. The summed E-state index contributed by atoms with van der Waals surface area (Å²) in [6.45, 7) is 9.89. The number of halogens is 1. The van der Waals surface area contributed by atoms with Crippen LogP contribution < -0.4 is 10.1 Å². The van der Waals surface area contributed by atoms with Crippen molar-refractivity contribution in [2.24, 2.45) is 0 Å². The molecule has 0 fully saturated rings. The fourth-order valence-corrected chi connectivity index (χ4v) is 3.43. The van der Waals surface area contributed by atoms with Crippen LogP contribution in [0.15, 0.2) is 46.9 Å². The number of hydrogen-bond acceptors (Lipinski definition) is 3. The zero-order chi connectivity index (χ0) is 22.3. The summed E-state index contributed by atoms with van der Waals surface area (Å²) in [5, 5.41) is 2.97. The van der Waals surface area contributed by atoms with Crippen LogP contribution in [-0.4, -0.2) is 35.4 Å². The number of nitrogens with zero attached hydrogens (tertiary/aromatic N) is 1. The number of amides is 2. The first kappa shape index (κ1) is 23.9. The van der Waals surface area contributed by atoms with Crippen LogP contribution >= 0.6 is 15.9 Å². The molecule has 162 valence electrons. The molecule has 6 heteroatoms. The first-order valence-electron chi connectivity index (χ1n) is 10.3. The molecular weight excluding hydrogens is 444 g/mol. The molecule has 0 spiro atoms. The number of ether oxygens (including phenoxy) is 1. The van der Waals surface area contributed by atoms with Gasteiger partial charge in [0.05, 0.1) is 0 Å². The summed E-state index contributed by atoms with van der Waals surface area (Å²) in [4.78, 5) is 27.4. The van der Waals surface area contributed by atoms with E-state index in [0.29, 0.717) is 12.3 Å². The van der Waals surface area contributed by atoms with Gasteiger partial charge in [0.1, 0.15) is 11.8 Å². The standard InChI is InChI=1S/C24H31BrN2O3/c1-6-17(3)26-24(29)19(5)27(14-20-10-8-11-21(25)13-20)23(28)15-30-22-12-7-9-16(2)18(22)4/h7-13,17,19H,6,14-15H2,1-5H3,(H,26,29)/t17-,19-/m0/s1. The highest BCUT2D eigenvalue weighted by atomic mass is 79.9. The van der Waals surface area contributed by atoms with Crippen LogP contribution in [0.3, 0.4) is 0 Å². The molecule has 1 N–H and O–H groups in total. The van der Waals surface area contributed by atoms with Crippen molar-refractivity contribution < 1.29 is 14.3 Å². The Bertz CT molecular complexity index is 885. The van der Waals surface area contributed by atoms with Crippen molar-refractivity contribution in [2.75, 3.05) is 6.61 Å². The second kappa shape index (κ2) is 11.2. The van der Waals surface area contributed by atoms with Gasteiger partial charge in [0, 0.05) is 17.1 Å². The predicted molar refractivity (Wildman–Crippen MR) is 123 cm³/mol. The van der Waals surface area contributed by atoms with E-state index in [9.17, 15) is 9.59 Å². The smallest absolute Gasteiger partial charge is 0.261 e. The summed E-state index contributed by atoms with van der Waals surface area (Å²) in [6.07, 6.45) is 0.827. The van der Waals surface area contributed by atoms with E-state index < -0.39 is 6.04 Å². The second-order valence-electron chi connectivity index (χ2n) is 7.63. The van der Waals surface area contributed by atoms with Gasteiger partial charge >= 0.3 is 0 Å². The van der Waals surface area contributed by atoms with Gasteiger partial charge in [0.2, 0.25) is 5.91 Å². The normalized spacial score (nSPS) is 12.7. The third-order valence-electron chi connectivity index (χ3n) is 5.32. The Morgan fingerprint density at radius 3 is 2.50 bits per heavy atom. The Balaban J connectivity index is 2.19. The maximum Gasteiger partial charge on any atom is 0.261 e. The van der Waals surface area contributed by atoms with Gasteiger partial charge in [0.25, 0.3) is 5.91 Å². The molecule has 2 amide bonds. The minimum Gasteiger partial charge on any atom is -0.483 e. The molecule has 0 aliphatic carbocycles. The van der Waals surface area contributed by atoms with E-state index in [1.54, 1.807) is 11.8 Å². The molecule has 0 heterocycles. The maximum absolute atomic E-state index is 13.1. The summed E-state index contributed by atoms with van der Waals surface area (Å²) in [7, 11) is 0. The Morgan fingerprint density at radius 1 is 1.13 bits per heavy atom. The second-order valence-corrected chi connectivity index (χ2v) is 8.55. The minimum absolute atomic E-state index is 0.0500. The van der Waals surface area contributed by atoms with Gasteiger partial charge in [-0.3, -0.25) is 9.59 Å². The lowest BCUT2D eigenvalue weighted by Crippen LogP contribution is -2.50. The molecule has 2 atom stereocenters. The Kier molecular flexibility index (Phi) is 8.90. The van der Waals surface area contributed by atoms with Gasteiger partial charge in [0.15, 0.2) is 6.61 Å². The number of rotatable bonds is 9. The van der Waals surface area contributed by atoms with Crippen LogP contribution in [-0.2, 0) is 16.1 Å². The van der Waals surface area contributed by atoms with Gasteiger partial charge in [-0.25, -0.2) is 0 Å². The molecule has 0 saturated carbocycles. The monoisotopic (exact) mass is 474 g/mol. The van der Waals surface area contributed by atoms with E-state index in [1.165, 1.54) is 0 Å². The van der Waals surface area contributed by atoms with Crippen molar-refractivity contribution >= 4 is 27.7 Å². The first-order chi connectivity index (χ1) is 14.2. The van der Waals surface area contributed by atoms with E-state index in [4.69, 9.17) is 4.74 Å². The molecular formula is C24H31BrN2O3. The molecule has 0 aromatic heterocycles. The lowest BCUT2D eigenvalue weighted by Gasteiger charge is -2.29. The lowest BCUT2D eigenvalue weighted by atomic mass is 10.1. The molecule has 0 saturated heterocycles. The third-order valence-corrected chi connectivity index (χ3v) is 5.81. The SMILES string of the molecule is CC[C@H](C)NC(=O)[C@H](C)N(Cc1cccc(Br)c1)C(=O)COc1cccc(C)c1C. The number of nitrogens with one attached hydrogen (secondary N) is 1. The molecule has 0 aliphatic rings. The predicted octanol–water partition coefficient (Wildman–Crippen LogP) is 4.78. The third kappa shape index (κ3) is 6.59. The van der Waals surface area contributed by atoms with E-state index >= 15 is 0 Å². The van der Waals surface area contributed by atoms with Crippen LogP contribution in [0.25, 0.3) is 0 Å². The van der Waals surface area contributed by atoms with Gasteiger partial charge in [-0.2, -0.15) is 0 Å². The van der Waals surface area contributed by atoms with Crippen LogP contribution in [0, 0.1) is 13.8 Å². The van der Waals surface area contributed by atoms with Crippen LogP contribution in [0.4, 0.5) is 0 Å². The number of carbonyl (C=O) groups excluding carboxylic acids is 2.